The quantitative estimate of drug-likeness (QED) is 0.803. The van der Waals surface area contributed by atoms with Gasteiger partial charge in [0, 0.05) is 6.61 Å². The Balaban J connectivity index is 2.33. The highest BCUT2D eigenvalue weighted by Crippen LogP contribution is 2.34. The molecule has 2 rings (SSSR count). The van der Waals surface area contributed by atoms with Gasteiger partial charge in [-0.25, -0.2) is 0 Å². The first-order valence-corrected chi connectivity index (χ1v) is 6.03. The molecular formula is C14H20O2. The second kappa shape index (κ2) is 4.56. The van der Waals surface area contributed by atoms with Crippen molar-refractivity contribution < 1.29 is 10.2 Å². The first-order chi connectivity index (χ1) is 7.61. The van der Waals surface area contributed by atoms with E-state index in [9.17, 15) is 5.11 Å². The lowest BCUT2D eigenvalue weighted by Crippen LogP contribution is -2.21. The van der Waals surface area contributed by atoms with Gasteiger partial charge in [0.05, 0.1) is 6.10 Å². The van der Waals surface area contributed by atoms with E-state index in [0.717, 1.165) is 12.0 Å². The molecule has 16 heavy (non-hydrogen) atoms. The maximum Gasteiger partial charge on any atom is 0.0796 e. The average molecular weight is 220 g/mol. The molecule has 0 bridgehead atoms. The summed E-state index contributed by atoms with van der Waals surface area (Å²) in [4.78, 5) is 0. The van der Waals surface area contributed by atoms with Gasteiger partial charge >= 0.3 is 0 Å². The molecule has 0 aliphatic heterocycles. The Kier molecular flexibility index (Phi) is 3.31. The van der Waals surface area contributed by atoms with E-state index in [1.54, 1.807) is 0 Å². The number of benzene rings is 1. The largest absolute Gasteiger partial charge is 0.396 e. The molecule has 1 aromatic rings. The van der Waals surface area contributed by atoms with Crippen molar-refractivity contribution in [2.24, 2.45) is 5.92 Å². The molecule has 88 valence electrons. The molecule has 2 heteroatoms. The van der Waals surface area contributed by atoms with Gasteiger partial charge in [-0.2, -0.15) is 0 Å². The minimum Gasteiger partial charge on any atom is -0.396 e. The van der Waals surface area contributed by atoms with Gasteiger partial charge in [0.2, 0.25) is 0 Å². The Morgan fingerprint density at radius 1 is 1.38 bits per heavy atom. The number of rotatable bonds is 2. The van der Waals surface area contributed by atoms with Gasteiger partial charge < -0.3 is 10.2 Å². The van der Waals surface area contributed by atoms with Crippen LogP contribution in [0, 0.1) is 5.92 Å². The predicted molar refractivity (Wildman–Crippen MR) is 64.4 cm³/mol. The van der Waals surface area contributed by atoms with Crippen molar-refractivity contribution in [1.29, 1.82) is 0 Å². The summed E-state index contributed by atoms with van der Waals surface area (Å²) in [5.41, 5.74) is 3.54. The average Bonchev–Trinajstić information content (AvgIpc) is 2.28. The highest BCUT2D eigenvalue weighted by atomic mass is 16.3. The van der Waals surface area contributed by atoms with Crippen molar-refractivity contribution in [3.05, 3.63) is 34.9 Å². The third-order valence-electron chi connectivity index (χ3n) is 3.52. The molecule has 2 nitrogen and oxygen atoms in total. The van der Waals surface area contributed by atoms with Crippen LogP contribution >= 0.6 is 0 Å². The van der Waals surface area contributed by atoms with E-state index in [1.165, 1.54) is 11.1 Å². The summed E-state index contributed by atoms with van der Waals surface area (Å²) in [5.74, 6) is 0.709. The van der Waals surface area contributed by atoms with E-state index in [-0.39, 0.29) is 12.5 Å². The summed E-state index contributed by atoms with van der Waals surface area (Å²) in [5, 5.41) is 19.2. The molecule has 1 aromatic carbocycles. The molecule has 1 aliphatic rings. The smallest absolute Gasteiger partial charge is 0.0796 e. The van der Waals surface area contributed by atoms with Crippen LogP contribution in [0.5, 0.6) is 0 Å². The van der Waals surface area contributed by atoms with E-state index in [4.69, 9.17) is 5.11 Å². The van der Waals surface area contributed by atoms with E-state index >= 15 is 0 Å². The van der Waals surface area contributed by atoms with Crippen molar-refractivity contribution in [2.75, 3.05) is 6.61 Å². The van der Waals surface area contributed by atoms with Gasteiger partial charge in [-0.1, -0.05) is 32.0 Å². The van der Waals surface area contributed by atoms with Crippen molar-refractivity contribution in [3.63, 3.8) is 0 Å². The fourth-order valence-corrected chi connectivity index (χ4v) is 2.44. The summed E-state index contributed by atoms with van der Waals surface area (Å²) in [6, 6.07) is 6.37. The molecule has 0 fully saturated rings. The zero-order valence-corrected chi connectivity index (χ0v) is 9.98. The van der Waals surface area contributed by atoms with Gasteiger partial charge in [0.1, 0.15) is 0 Å². The molecule has 0 saturated heterocycles. The minimum absolute atomic E-state index is 0.169. The molecule has 0 heterocycles. The Bertz CT molecular complexity index is 371. The molecule has 0 spiro atoms. The fourth-order valence-electron chi connectivity index (χ4n) is 2.44. The number of hydrogen-bond acceptors (Lipinski definition) is 2. The van der Waals surface area contributed by atoms with Crippen LogP contribution < -0.4 is 0 Å². The van der Waals surface area contributed by atoms with E-state index in [2.05, 4.69) is 32.0 Å². The van der Waals surface area contributed by atoms with Crippen LogP contribution in [0.2, 0.25) is 0 Å². The summed E-state index contributed by atoms with van der Waals surface area (Å²) in [6.07, 6.45) is 1.17. The number of aliphatic hydroxyl groups excluding tert-OH is 2. The van der Waals surface area contributed by atoms with Crippen molar-refractivity contribution >= 4 is 0 Å². The normalized spacial score (nSPS) is 24.6. The number of fused-ring (bicyclic) bond motifs is 1. The summed E-state index contributed by atoms with van der Waals surface area (Å²) >= 11 is 0. The molecule has 0 radical (unpaired) electrons. The lowest BCUT2D eigenvalue weighted by molar-refractivity contribution is 0.104. The lowest BCUT2D eigenvalue weighted by Gasteiger charge is -2.28. The van der Waals surface area contributed by atoms with Crippen molar-refractivity contribution in [2.45, 2.75) is 38.7 Å². The Morgan fingerprint density at radius 3 is 2.75 bits per heavy atom. The number of aliphatic hydroxyl groups is 2. The third-order valence-corrected chi connectivity index (χ3v) is 3.52. The van der Waals surface area contributed by atoms with Gasteiger partial charge in [0.15, 0.2) is 0 Å². The Morgan fingerprint density at radius 2 is 2.12 bits per heavy atom. The molecule has 2 unspecified atom stereocenters. The summed E-state index contributed by atoms with van der Waals surface area (Å²) in [6.45, 7) is 4.49. The van der Waals surface area contributed by atoms with Gasteiger partial charge in [-0.15, -0.1) is 0 Å². The first-order valence-electron chi connectivity index (χ1n) is 6.03. The Hall–Kier alpha value is -0.860. The molecular weight excluding hydrogens is 200 g/mol. The molecule has 1 aliphatic carbocycles. The summed E-state index contributed by atoms with van der Waals surface area (Å²) in [7, 11) is 0. The predicted octanol–water partition coefficient (Wildman–Crippen LogP) is 2.40. The zero-order chi connectivity index (χ0) is 11.7. The highest BCUT2D eigenvalue weighted by molar-refractivity contribution is 5.37. The van der Waals surface area contributed by atoms with Gasteiger partial charge in [0.25, 0.3) is 0 Å². The standard InChI is InChI=1S/C14H20O2/c1-9(2)11-3-4-12-5-10(8-15)6-14(16)13(12)7-11/h3-4,7,9-10,14-16H,5-6,8H2,1-2H3. The van der Waals surface area contributed by atoms with Gasteiger partial charge in [-0.3, -0.25) is 0 Å². The number of hydrogen-bond donors (Lipinski definition) is 2. The van der Waals surface area contributed by atoms with E-state index in [0.29, 0.717) is 12.3 Å². The fraction of sp³-hybridized carbons (Fsp3) is 0.571. The SMILES string of the molecule is CC(C)c1ccc2c(c1)C(O)CC(CO)C2. The lowest BCUT2D eigenvalue weighted by atomic mass is 9.81. The molecule has 0 amide bonds. The minimum atomic E-state index is -0.403. The third kappa shape index (κ3) is 2.13. The van der Waals surface area contributed by atoms with Gasteiger partial charge in [-0.05, 0) is 41.4 Å². The molecule has 2 N–H and O–H groups in total. The van der Waals surface area contributed by atoms with Crippen LogP contribution in [0.15, 0.2) is 18.2 Å². The molecule has 0 aromatic heterocycles. The van der Waals surface area contributed by atoms with Crippen LogP contribution in [0.4, 0.5) is 0 Å². The zero-order valence-electron chi connectivity index (χ0n) is 9.98. The van der Waals surface area contributed by atoms with Crippen LogP contribution in [-0.2, 0) is 6.42 Å². The molecule has 0 saturated carbocycles. The van der Waals surface area contributed by atoms with Crippen LogP contribution in [0.1, 0.15) is 49.0 Å². The monoisotopic (exact) mass is 220 g/mol. The highest BCUT2D eigenvalue weighted by Gasteiger charge is 2.25. The van der Waals surface area contributed by atoms with E-state index < -0.39 is 6.10 Å². The van der Waals surface area contributed by atoms with Crippen molar-refractivity contribution in [3.8, 4) is 0 Å². The topological polar surface area (TPSA) is 40.5 Å². The summed E-state index contributed by atoms with van der Waals surface area (Å²) < 4.78 is 0. The Labute approximate surface area is 96.9 Å². The van der Waals surface area contributed by atoms with Crippen molar-refractivity contribution in [1.82, 2.24) is 0 Å². The van der Waals surface area contributed by atoms with E-state index in [1.807, 2.05) is 0 Å². The maximum atomic E-state index is 10.1. The molecule has 2 atom stereocenters. The van der Waals surface area contributed by atoms with Crippen LogP contribution in [0.3, 0.4) is 0 Å². The van der Waals surface area contributed by atoms with Crippen LogP contribution in [0.25, 0.3) is 0 Å². The van der Waals surface area contributed by atoms with Crippen LogP contribution in [-0.4, -0.2) is 16.8 Å². The first kappa shape index (κ1) is 11.6. The maximum absolute atomic E-state index is 10.1. The second-order valence-electron chi connectivity index (χ2n) is 5.12. The second-order valence-corrected chi connectivity index (χ2v) is 5.12.